The molecule has 0 amide bonds. The molecule has 1 aliphatic rings. The summed E-state index contributed by atoms with van der Waals surface area (Å²) < 4.78 is 0. The van der Waals surface area contributed by atoms with Crippen LogP contribution in [-0.2, 0) is 11.2 Å². The molecule has 0 radical (unpaired) electrons. The van der Waals surface area contributed by atoms with Gasteiger partial charge in [0.25, 0.3) is 0 Å². The smallest absolute Gasteiger partial charge is 0.303 e. The Morgan fingerprint density at radius 2 is 2.19 bits per heavy atom. The van der Waals surface area contributed by atoms with Gasteiger partial charge in [-0.05, 0) is 49.1 Å². The topological polar surface area (TPSA) is 37.3 Å². The maximum absolute atomic E-state index is 10.5. The van der Waals surface area contributed by atoms with Crippen LogP contribution in [0.3, 0.4) is 0 Å². The molecule has 86 valence electrons. The number of hydrogen-bond donors (Lipinski definition) is 1. The summed E-state index contributed by atoms with van der Waals surface area (Å²) in [5, 5.41) is 8.64. The largest absolute Gasteiger partial charge is 0.481 e. The van der Waals surface area contributed by atoms with Crippen molar-refractivity contribution in [3.05, 3.63) is 35.4 Å². The van der Waals surface area contributed by atoms with Crippen LogP contribution >= 0.6 is 0 Å². The van der Waals surface area contributed by atoms with E-state index in [0.29, 0.717) is 12.3 Å². The molecule has 1 aliphatic carbocycles. The first-order valence-corrected chi connectivity index (χ1v) is 6.07. The summed E-state index contributed by atoms with van der Waals surface area (Å²) in [6.45, 7) is 0. The SMILES string of the molecule is O=C(O)CCCC1CCCc2ccccc21. The van der Waals surface area contributed by atoms with Gasteiger partial charge in [-0.25, -0.2) is 0 Å². The Morgan fingerprint density at radius 1 is 1.38 bits per heavy atom. The van der Waals surface area contributed by atoms with Crippen LogP contribution in [0.5, 0.6) is 0 Å². The minimum absolute atomic E-state index is 0.304. The third-order valence-corrected chi connectivity index (χ3v) is 3.44. The zero-order valence-electron chi connectivity index (χ0n) is 9.48. The summed E-state index contributed by atoms with van der Waals surface area (Å²) in [5.74, 6) is -0.0894. The monoisotopic (exact) mass is 218 g/mol. The molecule has 0 fully saturated rings. The van der Waals surface area contributed by atoms with Gasteiger partial charge in [-0.1, -0.05) is 24.3 Å². The van der Waals surface area contributed by atoms with Gasteiger partial charge >= 0.3 is 5.97 Å². The highest BCUT2D eigenvalue weighted by Gasteiger charge is 2.19. The van der Waals surface area contributed by atoms with Gasteiger partial charge in [0.1, 0.15) is 0 Å². The number of carboxylic acid groups (broad SMARTS) is 1. The lowest BCUT2D eigenvalue weighted by atomic mass is 9.80. The van der Waals surface area contributed by atoms with E-state index in [1.54, 1.807) is 0 Å². The molecule has 0 saturated carbocycles. The number of carbonyl (C=O) groups is 1. The molecular weight excluding hydrogens is 200 g/mol. The van der Waals surface area contributed by atoms with Crippen molar-refractivity contribution in [1.29, 1.82) is 0 Å². The lowest BCUT2D eigenvalue weighted by Gasteiger charge is -2.25. The second kappa shape index (κ2) is 5.15. The lowest BCUT2D eigenvalue weighted by Crippen LogP contribution is -2.10. The summed E-state index contributed by atoms with van der Waals surface area (Å²) in [5.41, 5.74) is 2.92. The number of hydrogen-bond acceptors (Lipinski definition) is 1. The van der Waals surface area contributed by atoms with Crippen LogP contribution in [0.1, 0.15) is 49.1 Å². The van der Waals surface area contributed by atoms with E-state index in [1.807, 2.05) is 0 Å². The summed E-state index contributed by atoms with van der Waals surface area (Å²) >= 11 is 0. The normalized spacial score (nSPS) is 19.1. The predicted octanol–water partition coefficient (Wildman–Crippen LogP) is 3.36. The minimum atomic E-state index is -0.677. The molecule has 1 aromatic rings. The quantitative estimate of drug-likeness (QED) is 0.841. The highest BCUT2D eigenvalue weighted by atomic mass is 16.4. The number of aliphatic carboxylic acids is 1. The van der Waals surface area contributed by atoms with Crippen LogP contribution in [0.2, 0.25) is 0 Å². The Morgan fingerprint density at radius 3 is 3.00 bits per heavy atom. The Hall–Kier alpha value is -1.31. The highest BCUT2D eigenvalue weighted by molar-refractivity contribution is 5.66. The Labute approximate surface area is 96.3 Å². The van der Waals surface area contributed by atoms with Gasteiger partial charge in [-0.3, -0.25) is 4.79 Å². The maximum atomic E-state index is 10.5. The zero-order valence-corrected chi connectivity index (χ0v) is 9.48. The molecule has 0 saturated heterocycles. The third-order valence-electron chi connectivity index (χ3n) is 3.44. The Bertz CT molecular complexity index is 371. The first kappa shape index (κ1) is 11.2. The van der Waals surface area contributed by atoms with Crippen molar-refractivity contribution in [3.63, 3.8) is 0 Å². The minimum Gasteiger partial charge on any atom is -0.481 e. The van der Waals surface area contributed by atoms with E-state index in [2.05, 4.69) is 24.3 Å². The average Bonchev–Trinajstić information content (AvgIpc) is 2.29. The lowest BCUT2D eigenvalue weighted by molar-refractivity contribution is -0.137. The van der Waals surface area contributed by atoms with Crippen LogP contribution in [0.4, 0.5) is 0 Å². The van der Waals surface area contributed by atoms with Gasteiger partial charge in [-0.15, -0.1) is 0 Å². The number of fused-ring (bicyclic) bond motifs is 1. The van der Waals surface area contributed by atoms with Crippen molar-refractivity contribution < 1.29 is 9.90 Å². The molecule has 2 heteroatoms. The van der Waals surface area contributed by atoms with Gasteiger partial charge in [0, 0.05) is 6.42 Å². The molecule has 0 aromatic heterocycles. The van der Waals surface area contributed by atoms with E-state index in [0.717, 1.165) is 12.8 Å². The maximum Gasteiger partial charge on any atom is 0.303 e. The van der Waals surface area contributed by atoms with Crippen molar-refractivity contribution >= 4 is 5.97 Å². The zero-order chi connectivity index (χ0) is 11.4. The van der Waals surface area contributed by atoms with Crippen molar-refractivity contribution in [2.45, 2.75) is 44.4 Å². The number of benzene rings is 1. The van der Waals surface area contributed by atoms with Gasteiger partial charge in [0.15, 0.2) is 0 Å². The van der Waals surface area contributed by atoms with Crippen molar-refractivity contribution in [3.8, 4) is 0 Å². The fourth-order valence-electron chi connectivity index (χ4n) is 2.65. The van der Waals surface area contributed by atoms with Gasteiger partial charge in [-0.2, -0.15) is 0 Å². The predicted molar refractivity (Wildman–Crippen MR) is 63.6 cm³/mol. The molecule has 1 unspecified atom stereocenters. The van der Waals surface area contributed by atoms with Crippen LogP contribution in [0.25, 0.3) is 0 Å². The molecule has 1 aromatic carbocycles. The van der Waals surface area contributed by atoms with Crippen LogP contribution in [0, 0.1) is 0 Å². The second-order valence-electron chi connectivity index (χ2n) is 4.57. The first-order valence-electron chi connectivity index (χ1n) is 6.07. The number of rotatable bonds is 4. The van der Waals surface area contributed by atoms with Crippen LogP contribution in [-0.4, -0.2) is 11.1 Å². The van der Waals surface area contributed by atoms with E-state index in [1.165, 1.54) is 30.4 Å². The van der Waals surface area contributed by atoms with E-state index in [4.69, 9.17) is 5.11 Å². The number of aryl methyl sites for hydroxylation is 1. The summed E-state index contributed by atoms with van der Waals surface area (Å²) in [7, 11) is 0. The van der Waals surface area contributed by atoms with Gasteiger partial charge in [0.2, 0.25) is 0 Å². The van der Waals surface area contributed by atoms with E-state index >= 15 is 0 Å². The van der Waals surface area contributed by atoms with Crippen molar-refractivity contribution in [2.75, 3.05) is 0 Å². The molecule has 16 heavy (non-hydrogen) atoms. The molecule has 0 spiro atoms. The molecule has 2 rings (SSSR count). The van der Waals surface area contributed by atoms with Gasteiger partial charge < -0.3 is 5.11 Å². The van der Waals surface area contributed by atoms with Gasteiger partial charge in [0.05, 0.1) is 0 Å². The molecule has 0 heterocycles. The van der Waals surface area contributed by atoms with E-state index in [9.17, 15) is 4.79 Å². The molecule has 0 aliphatic heterocycles. The van der Waals surface area contributed by atoms with Crippen LogP contribution < -0.4 is 0 Å². The molecule has 1 N–H and O–H groups in total. The first-order chi connectivity index (χ1) is 7.77. The second-order valence-corrected chi connectivity index (χ2v) is 4.57. The fourth-order valence-corrected chi connectivity index (χ4v) is 2.65. The van der Waals surface area contributed by atoms with Crippen molar-refractivity contribution in [1.82, 2.24) is 0 Å². The fraction of sp³-hybridized carbons (Fsp3) is 0.500. The molecule has 2 nitrogen and oxygen atoms in total. The molecular formula is C14H18O2. The molecule has 1 atom stereocenters. The average molecular weight is 218 g/mol. The van der Waals surface area contributed by atoms with Crippen molar-refractivity contribution in [2.24, 2.45) is 0 Å². The van der Waals surface area contributed by atoms with Crippen LogP contribution in [0.15, 0.2) is 24.3 Å². The summed E-state index contributed by atoms with van der Waals surface area (Å²) in [4.78, 5) is 10.5. The Kier molecular flexibility index (Phi) is 3.60. The standard InChI is InChI=1S/C14H18O2/c15-14(16)10-4-8-12-7-3-6-11-5-1-2-9-13(11)12/h1-2,5,9,12H,3-4,6-8,10H2,(H,15,16). The highest BCUT2D eigenvalue weighted by Crippen LogP contribution is 2.34. The Balaban J connectivity index is 1.99. The van der Waals surface area contributed by atoms with E-state index < -0.39 is 5.97 Å². The third kappa shape index (κ3) is 2.63. The summed E-state index contributed by atoms with van der Waals surface area (Å²) in [6.07, 6.45) is 5.77. The van der Waals surface area contributed by atoms with E-state index in [-0.39, 0.29) is 0 Å². The number of carboxylic acids is 1. The molecule has 0 bridgehead atoms. The summed E-state index contributed by atoms with van der Waals surface area (Å²) in [6, 6.07) is 8.60.